The Morgan fingerprint density at radius 1 is 1.29 bits per heavy atom. The zero-order valence-electron chi connectivity index (χ0n) is 9.10. The molecule has 1 aliphatic heterocycles. The molecule has 6 heteroatoms. The van der Waals surface area contributed by atoms with Crippen molar-refractivity contribution in [1.29, 1.82) is 0 Å². The second-order valence-corrected chi connectivity index (χ2v) is 6.08. The van der Waals surface area contributed by atoms with Gasteiger partial charge in [0.1, 0.15) is 0 Å². The summed E-state index contributed by atoms with van der Waals surface area (Å²) in [6.45, 7) is 0.197. The molecule has 4 nitrogen and oxygen atoms in total. The number of alkyl halides is 1. The number of benzene rings is 1. The van der Waals surface area contributed by atoms with E-state index in [-0.39, 0.29) is 29.3 Å². The first-order valence-electron chi connectivity index (χ1n) is 5.25. The summed E-state index contributed by atoms with van der Waals surface area (Å²) in [5.74, 6) is 0.215. The van der Waals surface area contributed by atoms with Crippen LogP contribution in [0.4, 0.5) is 0 Å². The summed E-state index contributed by atoms with van der Waals surface area (Å²) in [7, 11) is -3.53. The fraction of sp³-hybridized carbons (Fsp3) is 0.364. The largest absolute Gasteiger partial charge is 0.293 e. The molecule has 0 amide bonds. The Balaban J connectivity index is 2.44. The van der Waals surface area contributed by atoms with E-state index in [2.05, 4.69) is 0 Å². The zero-order valence-corrected chi connectivity index (χ0v) is 10.7. The lowest BCUT2D eigenvalue weighted by molar-refractivity contribution is 0.0956. The fourth-order valence-electron chi connectivity index (χ4n) is 1.83. The Kier molecular flexibility index (Phi) is 3.51. The first-order valence-corrected chi connectivity index (χ1v) is 7.23. The van der Waals surface area contributed by atoms with Gasteiger partial charge in [-0.1, -0.05) is 12.1 Å². The van der Waals surface area contributed by atoms with E-state index in [1.54, 1.807) is 18.2 Å². The van der Waals surface area contributed by atoms with Crippen LogP contribution in [0.3, 0.4) is 0 Å². The summed E-state index contributed by atoms with van der Waals surface area (Å²) in [6.07, 6.45) is 0.538. The molecule has 1 aromatic rings. The van der Waals surface area contributed by atoms with Gasteiger partial charge < -0.3 is 0 Å². The molecule has 0 spiro atoms. The normalized spacial score (nSPS) is 19.0. The number of nitrogens with zero attached hydrogens (tertiary/aromatic N) is 1. The second kappa shape index (κ2) is 4.76. The lowest BCUT2D eigenvalue weighted by Crippen LogP contribution is -2.41. The first-order chi connectivity index (χ1) is 8.07. The number of ketones is 1. The van der Waals surface area contributed by atoms with Crippen LogP contribution >= 0.6 is 11.6 Å². The van der Waals surface area contributed by atoms with Crippen molar-refractivity contribution >= 4 is 27.4 Å². The predicted molar refractivity (Wildman–Crippen MR) is 64.9 cm³/mol. The van der Waals surface area contributed by atoms with Crippen molar-refractivity contribution in [1.82, 2.24) is 4.31 Å². The molecule has 0 saturated carbocycles. The first kappa shape index (κ1) is 12.5. The third-order valence-electron chi connectivity index (χ3n) is 2.67. The molecule has 92 valence electrons. The molecule has 0 atom stereocenters. The smallest absolute Gasteiger partial charge is 0.244 e. The van der Waals surface area contributed by atoms with Gasteiger partial charge in [-0.25, -0.2) is 8.42 Å². The molecule has 1 aliphatic rings. The van der Waals surface area contributed by atoms with Crippen LogP contribution in [0.5, 0.6) is 0 Å². The van der Waals surface area contributed by atoms with Crippen molar-refractivity contribution < 1.29 is 13.2 Å². The number of carbonyl (C=O) groups is 1. The lowest BCUT2D eigenvalue weighted by atomic mass is 10.1. The highest BCUT2D eigenvalue weighted by atomic mass is 35.5. The van der Waals surface area contributed by atoms with E-state index in [9.17, 15) is 13.2 Å². The summed E-state index contributed by atoms with van der Waals surface area (Å²) < 4.78 is 25.6. The number of carbonyl (C=O) groups excluding carboxylic acids is 1. The Bertz CT molecular complexity index is 541. The van der Waals surface area contributed by atoms with E-state index < -0.39 is 10.0 Å². The minimum Gasteiger partial charge on any atom is -0.293 e. The van der Waals surface area contributed by atoms with E-state index in [0.717, 1.165) is 0 Å². The van der Waals surface area contributed by atoms with Crippen molar-refractivity contribution in [2.75, 3.05) is 19.0 Å². The quantitative estimate of drug-likeness (QED) is 0.785. The number of hydrogen-bond acceptors (Lipinski definition) is 3. The molecule has 1 aromatic carbocycles. The molecule has 0 N–H and O–H groups in total. The van der Waals surface area contributed by atoms with Crippen LogP contribution in [0.2, 0.25) is 0 Å². The third-order valence-corrected chi connectivity index (χ3v) is 4.84. The predicted octanol–water partition coefficient (Wildman–Crippen LogP) is 1.50. The van der Waals surface area contributed by atoms with Gasteiger partial charge in [0.15, 0.2) is 5.78 Å². The minimum atomic E-state index is -3.53. The highest BCUT2D eigenvalue weighted by Crippen LogP contribution is 2.25. The number of rotatable bonds is 3. The van der Waals surface area contributed by atoms with E-state index in [0.29, 0.717) is 12.3 Å². The zero-order chi connectivity index (χ0) is 12.5. The summed E-state index contributed by atoms with van der Waals surface area (Å²) in [6, 6.07) is 6.30. The van der Waals surface area contributed by atoms with Gasteiger partial charge in [0.25, 0.3) is 0 Å². The standard InChI is InChI=1S/C11H12ClNO3S/c12-6-3-7-13-8-10(14)9-4-1-2-5-11(9)17(13,15)16/h1-2,4-5H,3,6-8H2. The van der Waals surface area contributed by atoms with Crippen molar-refractivity contribution in [3.05, 3.63) is 29.8 Å². The van der Waals surface area contributed by atoms with Crippen LogP contribution < -0.4 is 0 Å². The number of fused-ring (bicyclic) bond motifs is 1. The maximum atomic E-state index is 12.2. The Morgan fingerprint density at radius 3 is 2.71 bits per heavy atom. The molecule has 0 aromatic heterocycles. The molecule has 0 unspecified atom stereocenters. The highest BCUT2D eigenvalue weighted by Gasteiger charge is 2.34. The Labute approximate surface area is 105 Å². The molecule has 0 bridgehead atoms. The van der Waals surface area contributed by atoms with Gasteiger partial charge in [0.05, 0.1) is 11.4 Å². The van der Waals surface area contributed by atoms with Gasteiger partial charge in [-0.05, 0) is 18.6 Å². The Hall–Kier alpha value is -0.910. The van der Waals surface area contributed by atoms with Crippen LogP contribution in [-0.2, 0) is 10.0 Å². The molecule has 0 fully saturated rings. The van der Waals surface area contributed by atoms with Gasteiger partial charge >= 0.3 is 0 Å². The van der Waals surface area contributed by atoms with Gasteiger partial charge in [0.2, 0.25) is 10.0 Å². The van der Waals surface area contributed by atoms with E-state index >= 15 is 0 Å². The summed E-state index contributed by atoms with van der Waals surface area (Å²) >= 11 is 5.54. The number of halogens is 1. The SMILES string of the molecule is O=C1CN(CCCCl)S(=O)(=O)c2ccccc21. The van der Waals surface area contributed by atoms with Crippen LogP contribution in [0, 0.1) is 0 Å². The number of hydrogen-bond donors (Lipinski definition) is 0. The van der Waals surface area contributed by atoms with E-state index in [4.69, 9.17) is 11.6 Å². The molecular weight excluding hydrogens is 262 g/mol. The van der Waals surface area contributed by atoms with Crippen LogP contribution in [0.1, 0.15) is 16.8 Å². The average Bonchev–Trinajstić information content (AvgIpc) is 2.32. The van der Waals surface area contributed by atoms with Gasteiger partial charge in [-0.3, -0.25) is 4.79 Å². The molecule has 0 aliphatic carbocycles. The molecular formula is C11H12ClNO3S. The van der Waals surface area contributed by atoms with Crippen LogP contribution in [-0.4, -0.2) is 37.5 Å². The van der Waals surface area contributed by atoms with Gasteiger partial charge in [0, 0.05) is 18.0 Å². The van der Waals surface area contributed by atoms with Crippen molar-refractivity contribution in [2.24, 2.45) is 0 Å². The summed E-state index contributed by atoms with van der Waals surface area (Å²) in [5.41, 5.74) is 0.287. The van der Waals surface area contributed by atoms with Crippen molar-refractivity contribution in [3.63, 3.8) is 0 Å². The topological polar surface area (TPSA) is 54.5 Å². The van der Waals surface area contributed by atoms with Crippen molar-refractivity contribution in [3.8, 4) is 0 Å². The highest BCUT2D eigenvalue weighted by molar-refractivity contribution is 7.89. The van der Waals surface area contributed by atoms with Gasteiger partial charge in [-0.15, -0.1) is 11.6 Å². The van der Waals surface area contributed by atoms with E-state index in [1.807, 2.05) is 0 Å². The second-order valence-electron chi connectivity index (χ2n) is 3.80. The minimum absolute atomic E-state index is 0.0871. The number of sulfonamides is 1. The lowest BCUT2D eigenvalue weighted by Gasteiger charge is -2.26. The fourth-order valence-corrected chi connectivity index (χ4v) is 3.59. The summed E-state index contributed by atoms with van der Waals surface area (Å²) in [5, 5.41) is 0. The van der Waals surface area contributed by atoms with Crippen molar-refractivity contribution in [2.45, 2.75) is 11.3 Å². The third kappa shape index (κ3) is 2.22. The molecule has 0 saturated heterocycles. The number of Topliss-reactive ketones (excluding diaryl/α,β-unsaturated/α-hetero) is 1. The monoisotopic (exact) mass is 273 g/mol. The molecule has 17 heavy (non-hydrogen) atoms. The van der Waals surface area contributed by atoms with E-state index in [1.165, 1.54) is 10.4 Å². The van der Waals surface area contributed by atoms with Crippen LogP contribution in [0.15, 0.2) is 29.2 Å². The maximum absolute atomic E-state index is 12.2. The molecule has 2 rings (SSSR count). The average molecular weight is 274 g/mol. The Morgan fingerprint density at radius 2 is 2.00 bits per heavy atom. The molecule has 0 radical (unpaired) electrons. The maximum Gasteiger partial charge on any atom is 0.244 e. The molecule has 1 heterocycles. The van der Waals surface area contributed by atoms with Gasteiger partial charge in [-0.2, -0.15) is 4.31 Å². The summed E-state index contributed by atoms with van der Waals surface area (Å²) in [4.78, 5) is 11.9. The van der Waals surface area contributed by atoms with Crippen LogP contribution in [0.25, 0.3) is 0 Å².